The lowest BCUT2D eigenvalue weighted by Gasteiger charge is -2.07. The fraction of sp³-hybridized carbons (Fsp3) is 0.172. The van der Waals surface area contributed by atoms with E-state index < -0.39 is 15.7 Å². The zero-order chi connectivity index (χ0) is 29.4. The smallest absolute Gasteiger partial charge is 0.224 e. The first-order chi connectivity index (χ1) is 20.2. The number of carbonyl (C=O) groups is 1. The van der Waals surface area contributed by atoms with Crippen LogP contribution in [0.15, 0.2) is 61.1 Å². The van der Waals surface area contributed by atoms with Gasteiger partial charge in [0.1, 0.15) is 21.2 Å². The van der Waals surface area contributed by atoms with Crippen molar-refractivity contribution < 1.29 is 17.6 Å². The van der Waals surface area contributed by atoms with E-state index in [2.05, 4.69) is 35.5 Å². The molecule has 5 aromatic heterocycles. The number of benzene rings is 1. The summed E-state index contributed by atoms with van der Waals surface area (Å²) >= 11 is 0. The van der Waals surface area contributed by atoms with Gasteiger partial charge in [0.05, 0.1) is 34.4 Å². The molecule has 0 atom stereocenters. The average Bonchev–Trinajstić information content (AvgIpc) is 3.59. The third-order valence-corrected chi connectivity index (χ3v) is 7.64. The van der Waals surface area contributed by atoms with E-state index in [0.717, 1.165) is 6.26 Å². The number of hydrogen-bond acceptors (Lipinski definition) is 8. The van der Waals surface area contributed by atoms with Gasteiger partial charge in [0, 0.05) is 36.2 Å². The number of aryl methyl sites for hydroxylation is 1. The van der Waals surface area contributed by atoms with Crippen LogP contribution >= 0.6 is 0 Å². The molecule has 5 heterocycles. The van der Waals surface area contributed by atoms with Crippen molar-refractivity contribution in [1.82, 2.24) is 35.1 Å². The summed E-state index contributed by atoms with van der Waals surface area (Å²) in [6, 6.07) is 11.7. The number of halogens is 1. The summed E-state index contributed by atoms with van der Waals surface area (Å²) in [4.78, 5) is 33.2. The van der Waals surface area contributed by atoms with E-state index in [4.69, 9.17) is 4.98 Å². The first-order valence-electron chi connectivity index (χ1n) is 13.1. The van der Waals surface area contributed by atoms with Crippen LogP contribution in [0.25, 0.3) is 56.1 Å². The number of sulfone groups is 1. The molecule has 0 aliphatic heterocycles. The molecule has 0 fully saturated rings. The molecule has 3 N–H and O–H groups in total. The van der Waals surface area contributed by atoms with Gasteiger partial charge in [-0.2, -0.15) is 5.10 Å². The third kappa shape index (κ3) is 5.59. The summed E-state index contributed by atoms with van der Waals surface area (Å²) in [5, 5.41) is 10.2. The lowest BCUT2D eigenvalue weighted by Crippen LogP contribution is -2.09. The number of anilines is 1. The minimum Gasteiger partial charge on any atom is -0.335 e. The molecule has 1 amide bonds. The second-order valence-corrected chi connectivity index (χ2v) is 12.2. The molecule has 1 aromatic carbocycles. The maximum absolute atomic E-state index is 14.6. The topological polar surface area (TPSA) is 159 Å². The quantitative estimate of drug-likeness (QED) is 0.232. The van der Waals surface area contributed by atoms with Gasteiger partial charge in [0.25, 0.3) is 0 Å². The zero-order valence-electron chi connectivity index (χ0n) is 22.6. The minimum atomic E-state index is -3.20. The van der Waals surface area contributed by atoms with Gasteiger partial charge in [-0.15, -0.1) is 0 Å². The molecule has 212 valence electrons. The number of carbonyl (C=O) groups excluding carboxylic acids is 1. The number of hydrogen-bond donors (Lipinski definition) is 3. The predicted octanol–water partition coefficient (Wildman–Crippen LogP) is 4.70. The van der Waals surface area contributed by atoms with Crippen LogP contribution in [0.2, 0.25) is 0 Å². The van der Waals surface area contributed by atoms with Gasteiger partial charge >= 0.3 is 0 Å². The monoisotopic (exact) mass is 584 g/mol. The Bertz CT molecular complexity index is 2090. The Morgan fingerprint density at radius 1 is 1.05 bits per heavy atom. The molecule has 42 heavy (non-hydrogen) atoms. The highest BCUT2D eigenvalue weighted by molar-refractivity contribution is 7.90. The van der Waals surface area contributed by atoms with E-state index >= 15 is 0 Å². The Hall–Kier alpha value is -5.04. The maximum atomic E-state index is 14.6. The first kappa shape index (κ1) is 27.1. The molecule has 0 spiro atoms. The Balaban J connectivity index is 1.39. The summed E-state index contributed by atoms with van der Waals surface area (Å²) in [5.74, 6) is -0.249. The fourth-order valence-corrected chi connectivity index (χ4v) is 5.25. The van der Waals surface area contributed by atoms with Crippen molar-refractivity contribution in [2.24, 2.45) is 0 Å². The fourth-order valence-electron chi connectivity index (χ4n) is 4.64. The van der Waals surface area contributed by atoms with Crippen molar-refractivity contribution in [3.05, 3.63) is 72.4 Å². The number of rotatable bonds is 8. The SMILES string of the molecule is CCC(=O)Nc1cncc(-c2ccc3[nH]nc(-c4nc5nccc(-c6cc(F)cc(CCS(C)(=O)=O)c6)c5[nH]4)c3n2)c1. The Labute approximate surface area is 239 Å². The van der Waals surface area contributed by atoms with Gasteiger partial charge in [0.2, 0.25) is 5.91 Å². The standard InChI is InChI=1S/C29H25FN8O3S/c1-3-24(39)33-20-13-18(14-31-15-20)22-4-5-23-26(34-22)27(38-37-23)29-35-25-21(6-8-32-28(25)36-29)17-10-16(11-19(30)12-17)7-9-42(2,40)41/h4-6,8,10-15H,3,7,9H2,1-2H3,(H,33,39)(H,37,38)(H,32,35,36). The molecule has 0 bridgehead atoms. The second-order valence-electron chi connectivity index (χ2n) is 9.90. The van der Waals surface area contributed by atoms with Crippen molar-refractivity contribution in [2.75, 3.05) is 17.3 Å². The molecule has 0 unspecified atom stereocenters. The van der Waals surface area contributed by atoms with Gasteiger partial charge in [-0.1, -0.05) is 13.0 Å². The van der Waals surface area contributed by atoms with Crippen LogP contribution in [0.4, 0.5) is 10.1 Å². The van der Waals surface area contributed by atoms with E-state index in [9.17, 15) is 17.6 Å². The number of H-pyrrole nitrogens is 2. The van der Waals surface area contributed by atoms with E-state index in [-0.39, 0.29) is 18.1 Å². The second kappa shape index (κ2) is 10.7. The van der Waals surface area contributed by atoms with E-state index in [1.165, 1.54) is 12.1 Å². The van der Waals surface area contributed by atoms with Crippen molar-refractivity contribution in [3.8, 4) is 33.9 Å². The van der Waals surface area contributed by atoms with E-state index in [1.807, 2.05) is 12.1 Å². The number of pyridine rings is 3. The number of nitrogens with zero attached hydrogens (tertiary/aromatic N) is 5. The Morgan fingerprint density at radius 2 is 1.90 bits per heavy atom. The number of fused-ring (bicyclic) bond motifs is 2. The minimum absolute atomic E-state index is 0.0786. The largest absolute Gasteiger partial charge is 0.335 e. The third-order valence-electron chi connectivity index (χ3n) is 6.69. The van der Waals surface area contributed by atoms with Gasteiger partial charge in [-0.3, -0.25) is 14.9 Å². The molecule has 6 rings (SSSR count). The lowest BCUT2D eigenvalue weighted by molar-refractivity contribution is -0.115. The number of imidazole rings is 1. The summed E-state index contributed by atoms with van der Waals surface area (Å²) < 4.78 is 37.9. The molecule has 0 saturated heterocycles. The highest BCUT2D eigenvalue weighted by Gasteiger charge is 2.18. The molecular weight excluding hydrogens is 559 g/mol. The highest BCUT2D eigenvalue weighted by Crippen LogP contribution is 2.32. The zero-order valence-corrected chi connectivity index (χ0v) is 23.5. The highest BCUT2D eigenvalue weighted by atomic mass is 32.2. The number of aromatic amines is 2. The van der Waals surface area contributed by atoms with Crippen LogP contribution in [-0.4, -0.2) is 61.5 Å². The van der Waals surface area contributed by atoms with Crippen LogP contribution in [-0.2, 0) is 21.1 Å². The molecule has 6 aromatic rings. The molecule has 0 saturated carbocycles. The van der Waals surface area contributed by atoms with E-state index in [0.29, 0.717) is 73.8 Å². The molecule has 11 nitrogen and oxygen atoms in total. The maximum Gasteiger partial charge on any atom is 0.224 e. The molecular formula is C29H25FN8O3S. The molecule has 13 heteroatoms. The summed E-state index contributed by atoms with van der Waals surface area (Å²) in [7, 11) is -3.20. The number of amides is 1. The van der Waals surface area contributed by atoms with Crippen molar-refractivity contribution >= 4 is 43.6 Å². The summed E-state index contributed by atoms with van der Waals surface area (Å²) in [5.41, 5.74) is 6.39. The van der Waals surface area contributed by atoms with Gasteiger partial charge < -0.3 is 10.3 Å². The van der Waals surface area contributed by atoms with Crippen molar-refractivity contribution in [3.63, 3.8) is 0 Å². The van der Waals surface area contributed by atoms with Gasteiger partial charge in [-0.25, -0.2) is 27.8 Å². The Morgan fingerprint density at radius 3 is 2.71 bits per heavy atom. The van der Waals surface area contributed by atoms with E-state index in [1.54, 1.807) is 43.7 Å². The van der Waals surface area contributed by atoms with Crippen molar-refractivity contribution in [2.45, 2.75) is 19.8 Å². The van der Waals surface area contributed by atoms with Crippen LogP contribution < -0.4 is 5.32 Å². The summed E-state index contributed by atoms with van der Waals surface area (Å²) in [6.45, 7) is 1.77. The molecule has 0 radical (unpaired) electrons. The summed E-state index contributed by atoms with van der Waals surface area (Å²) in [6.07, 6.45) is 6.53. The van der Waals surface area contributed by atoms with Crippen LogP contribution in [0.1, 0.15) is 18.9 Å². The Kier molecular flexibility index (Phi) is 6.94. The van der Waals surface area contributed by atoms with Crippen LogP contribution in [0, 0.1) is 5.82 Å². The predicted molar refractivity (Wildman–Crippen MR) is 158 cm³/mol. The van der Waals surface area contributed by atoms with Crippen LogP contribution in [0.3, 0.4) is 0 Å². The number of aromatic nitrogens is 7. The first-order valence-corrected chi connectivity index (χ1v) is 15.2. The molecule has 0 aliphatic carbocycles. The lowest BCUT2D eigenvalue weighted by atomic mass is 10.0. The molecule has 0 aliphatic rings. The number of nitrogens with one attached hydrogen (secondary N) is 3. The van der Waals surface area contributed by atoms with Crippen molar-refractivity contribution in [1.29, 1.82) is 0 Å². The van der Waals surface area contributed by atoms with Crippen LogP contribution in [0.5, 0.6) is 0 Å². The van der Waals surface area contributed by atoms with Gasteiger partial charge in [0.15, 0.2) is 17.2 Å². The average molecular weight is 585 g/mol. The normalized spacial score (nSPS) is 11.8. The van der Waals surface area contributed by atoms with Gasteiger partial charge in [-0.05, 0) is 53.9 Å².